The molecular formula is C35H56O6P2. The molecule has 8 heteroatoms. The van der Waals surface area contributed by atoms with Crippen molar-refractivity contribution < 1.29 is 27.5 Å². The molecule has 1 saturated heterocycles. The van der Waals surface area contributed by atoms with E-state index >= 15 is 0 Å². The summed E-state index contributed by atoms with van der Waals surface area (Å²) < 4.78 is 31.1. The topological polar surface area (TPSA) is 66.4 Å². The van der Waals surface area contributed by atoms with Crippen molar-refractivity contribution in [3.05, 3.63) is 57.6 Å². The van der Waals surface area contributed by atoms with Gasteiger partial charge in [-0.2, -0.15) is 0 Å². The second-order valence-corrected chi connectivity index (χ2v) is 18.7. The van der Waals surface area contributed by atoms with Gasteiger partial charge in [0.25, 0.3) is 0 Å². The van der Waals surface area contributed by atoms with Crippen molar-refractivity contribution in [3.63, 3.8) is 0 Å². The van der Waals surface area contributed by atoms with Gasteiger partial charge in [0, 0.05) is 27.7 Å². The number of benzene rings is 2. The molecule has 2 aromatic rings. The highest BCUT2D eigenvalue weighted by atomic mass is 31.2. The third kappa shape index (κ3) is 9.38. The lowest BCUT2D eigenvalue weighted by Crippen LogP contribution is -2.36. The SMILES string of the molecule is Cc1cc(C(C)(C)C)c(OP(O)OCC2(C)COP(Oc3c(C(C)(C)C)cc(C)cc3C(C)(C)C)OC2)c(C(C)(C)C)c1. The minimum Gasteiger partial charge on any atom is -0.426 e. The summed E-state index contributed by atoms with van der Waals surface area (Å²) in [5.41, 5.74) is 5.78. The monoisotopic (exact) mass is 634 g/mol. The lowest BCUT2D eigenvalue weighted by atomic mass is 9.78. The molecule has 0 radical (unpaired) electrons. The molecule has 242 valence electrons. The van der Waals surface area contributed by atoms with E-state index in [1.165, 1.54) is 11.1 Å². The van der Waals surface area contributed by atoms with Crippen LogP contribution in [0.1, 0.15) is 123 Å². The lowest BCUT2D eigenvalue weighted by molar-refractivity contribution is -0.00248. The lowest BCUT2D eigenvalue weighted by Gasteiger charge is -2.37. The van der Waals surface area contributed by atoms with Gasteiger partial charge in [-0.05, 0) is 35.5 Å². The third-order valence-electron chi connectivity index (χ3n) is 7.59. The number of aryl methyl sites for hydroxylation is 2. The second kappa shape index (κ2) is 12.9. The molecule has 0 spiro atoms. The number of rotatable bonds is 7. The first kappa shape index (κ1) is 36.2. The highest BCUT2D eigenvalue weighted by molar-refractivity contribution is 7.42. The Kier molecular flexibility index (Phi) is 10.8. The van der Waals surface area contributed by atoms with Gasteiger partial charge < -0.3 is 27.5 Å². The van der Waals surface area contributed by atoms with Crippen LogP contribution >= 0.6 is 17.2 Å². The first-order valence-electron chi connectivity index (χ1n) is 15.3. The Morgan fingerprint density at radius 1 is 0.698 bits per heavy atom. The molecule has 2 aromatic carbocycles. The molecule has 0 bridgehead atoms. The second-order valence-electron chi connectivity index (χ2n) is 16.7. The summed E-state index contributed by atoms with van der Waals surface area (Å²) in [5, 5.41) is 0. The van der Waals surface area contributed by atoms with Gasteiger partial charge in [0.15, 0.2) is 0 Å². The van der Waals surface area contributed by atoms with E-state index in [0.717, 1.165) is 28.0 Å². The summed E-state index contributed by atoms with van der Waals surface area (Å²) in [6, 6.07) is 8.69. The molecule has 0 aromatic heterocycles. The Bertz CT molecular complexity index is 1200. The van der Waals surface area contributed by atoms with Crippen LogP contribution in [-0.4, -0.2) is 24.7 Å². The number of hydrogen-bond donors (Lipinski definition) is 1. The quantitative estimate of drug-likeness (QED) is 0.306. The highest BCUT2D eigenvalue weighted by Crippen LogP contribution is 2.53. The molecule has 1 heterocycles. The fourth-order valence-electron chi connectivity index (χ4n) is 4.99. The Labute approximate surface area is 264 Å². The van der Waals surface area contributed by atoms with Crippen LogP contribution in [0.15, 0.2) is 24.3 Å². The van der Waals surface area contributed by atoms with Crippen LogP contribution in [0.3, 0.4) is 0 Å². The van der Waals surface area contributed by atoms with Crippen LogP contribution in [0, 0.1) is 19.3 Å². The summed E-state index contributed by atoms with van der Waals surface area (Å²) in [6.45, 7) is 33.4. The van der Waals surface area contributed by atoms with E-state index in [0.29, 0.717) is 19.0 Å². The van der Waals surface area contributed by atoms with Crippen LogP contribution in [0.2, 0.25) is 0 Å². The zero-order chi connectivity index (χ0) is 32.8. The molecule has 1 aliphatic heterocycles. The van der Waals surface area contributed by atoms with Gasteiger partial charge in [-0.1, -0.05) is 125 Å². The average molecular weight is 635 g/mol. The van der Waals surface area contributed by atoms with E-state index in [2.05, 4.69) is 121 Å². The molecule has 0 amide bonds. The van der Waals surface area contributed by atoms with Crippen molar-refractivity contribution in [1.29, 1.82) is 0 Å². The van der Waals surface area contributed by atoms with Gasteiger partial charge >= 0.3 is 17.2 Å². The van der Waals surface area contributed by atoms with Crippen LogP contribution in [0.25, 0.3) is 0 Å². The Balaban J connectivity index is 1.72. The predicted octanol–water partition coefficient (Wildman–Crippen LogP) is 10.5. The Morgan fingerprint density at radius 3 is 1.40 bits per heavy atom. The standard InChI is InChI=1S/C35H56O6P2/c1-23-16-25(31(3,4)5)29(26(17-23)32(6,7)8)40-42(36)37-20-35(15)21-38-43(39-22-35)41-30-27(33(9,10)11)18-24(2)19-28(30)34(12,13)14/h16-19,36H,20-22H2,1-15H3. The normalized spacial score (nSPS) is 21.1. The molecule has 0 saturated carbocycles. The molecule has 6 nitrogen and oxygen atoms in total. The van der Waals surface area contributed by atoms with E-state index in [9.17, 15) is 4.89 Å². The maximum absolute atomic E-state index is 11.0. The maximum atomic E-state index is 11.0. The van der Waals surface area contributed by atoms with E-state index in [1.807, 2.05) is 6.92 Å². The average Bonchev–Trinajstić information content (AvgIpc) is 2.83. The van der Waals surface area contributed by atoms with Gasteiger partial charge in [0.2, 0.25) is 0 Å². The largest absolute Gasteiger partial charge is 0.426 e. The van der Waals surface area contributed by atoms with E-state index in [-0.39, 0.29) is 28.3 Å². The number of hydrogen-bond acceptors (Lipinski definition) is 6. The highest BCUT2D eigenvalue weighted by Gasteiger charge is 2.39. The Morgan fingerprint density at radius 2 is 1.05 bits per heavy atom. The molecule has 43 heavy (non-hydrogen) atoms. The van der Waals surface area contributed by atoms with Crippen molar-refractivity contribution in [2.45, 2.75) is 126 Å². The summed E-state index contributed by atoms with van der Waals surface area (Å²) in [7, 11) is -3.77. The smallest absolute Gasteiger partial charge is 0.397 e. The first-order valence-corrected chi connectivity index (χ1v) is 17.5. The molecular weight excluding hydrogens is 578 g/mol. The molecule has 3 rings (SSSR count). The van der Waals surface area contributed by atoms with Crippen molar-refractivity contribution in [1.82, 2.24) is 0 Å². The zero-order valence-corrected chi connectivity index (χ0v) is 31.1. The van der Waals surface area contributed by atoms with Crippen molar-refractivity contribution >= 4 is 17.2 Å². The molecule has 1 N–H and O–H groups in total. The minimum absolute atomic E-state index is 0.107. The molecule has 1 fully saturated rings. The van der Waals surface area contributed by atoms with Gasteiger partial charge in [0.05, 0.1) is 19.8 Å². The summed E-state index contributed by atoms with van der Waals surface area (Å²) in [5.74, 6) is 1.56. The fraction of sp³-hybridized carbons (Fsp3) is 0.657. The van der Waals surface area contributed by atoms with Gasteiger partial charge in [-0.15, -0.1) is 0 Å². The van der Waals surface area contributed by atoms with Gasteiger partial charge in [0.1, 0.15) is 11.5 Å². The summed E-state index contributed by atoms with van der Waals surface area (Å²) in [6.07, 6.45) is 0. The molecule has 0 aliphatic carbocycles. The third-order valence-corrected chi connectivity index (χ3v) is 9.29. The van der Waals surface area contributed by atoms with Gasteiger partial charge in [-0.25, -0.2) is 0 Å². The molecule has 1 unspecified atom stereocenters. The van der Waals surface area contributed by atoms with Crippen molar-refractivity contribution in [3.8, 4) is 11.5 Å². The Hall–Kier alpha value is -1.26. The zero-order valence-electron chi connectivity index (χ0n) is 29.3. The van der Waals surface area contributed by atoms with E-state index < -0.39 is 22.6 Å². The minimum atomic E-state index is -2.18. The summed E-state index contributed by atoms with van der Waals surface area (Å²) >= 11 is 0. The summed E-state index contributed by atoms with van der Waals surface area (Å²) in [4.78, 5) is 11.0. The van der Waals surface area contributed by atoms with E-state index in [4.69, 9.17) is 22.6 Å². The van der Waals surface area contributed by atoms with Crippen molar-refractivity contribution in [2.24, 2.45) is 5.41 Å². The van der Waals surface area contributed by atoms with Crippen LogP contribution in [0.5, 0.6) is 11.5 Å². The fourth-order valence-corrected chi connectivity index (χ4v) is 7.18. The van der Waals surface area contributed by atoms with Crippen LogP contribution < -0.4 is 9.05 Å². The molecule has 1 atom stereocenters. The van der Waals surface area contributed by atoms with Crippen LogP contribution in [0.4, 0.5) is 0 Å². The van der Waals surface area contributed by atoms with E-state index in [1.54, 1.807) is 0 Å². The van der Waals surface area contributed by atoms with Gasteiger partial charge in [-0.3, -0.25) is 0 Å². The first-order chi connectivity index (χ1) is 19.4. The van der Waals surface area contributed by atoms with Crippen LogP contribution in [-0.2, 0) is 35.2 Å². The van der Waals surface area contributed by atoms with Crippen molar-refractivity contribution in [2.75, 3.05) is 19.8 Å². The molecule has 1 aliphatic rings. The predicted molar refractivity (Wildman–Crippen MR) is 180 cm³/mol. The maximum Gasteiger partial charge on any atom is 0.397 e.